The Labute approximate surface area is 127 Å². The molecule has 7 nitrogen and oxygen atoms in total. The molecule has 0 bridgehead atoms. The Morgan fingerprint density at radius 2 is 2.05 bits per heavy atom. The minimum atomic E-state index is -0.997. The van der Waals surface area contributed by atoms with Crippen molar-refractivity contribution < 1.29 is 14.6 Å². The van der Waals surface area contributed by atoms with Crippen molar-refractivity contribution in [3.8, 4) is 5.75 Å². The first-order valence-corrected chi connectivity index (χ1v) is 6.68. The molecule has 0 atom stereocenters. The molecule has 3 N–H and O–H groups in total. The third-order valence-electron chi connectivity index (χ3n) is 3.13. The van der Waals surface area contributed by atoms with Crippen LogP contribution in [0, 0.1) is 6.92 Å². The van der Waals surface area contributed by atoms with Gasteiger partial charge in [-0.25, -0.2) is 4.98 Å². The molecule has 7 heteroatoms. The first kappa shape index (κ1) is 15.6. The van der Waals surface area contributed by atoms with Crippen LogP contribution in [0.15, 0.2) is 29.1 Å². The second-order valence-corrected chi connectivity index (χ2v) is 4.76. The Morgan fingerprint density at radius 1 is 1.36 bits per heavy atom. The molecule has 116 valence electrons. The number of nitrogens with zero attached hydrogens (tertiary/aromatic N) is 1. The molecule has 0 spiro atoms. The van der Waals surface area contributed by atoms with Crippen molar-refractivity contribution in [2.75, 3.05) is 12.4 Å². The van der Waals surface area contributed by atoms with Gasteiger partial charge in [0, 0.05) is 12.2 Å². The van der Waals surface area contributed by atoms with Gasteiger partial charge in [-0.2, -0.15) is 0 Å². The van der Waals surface area contributed by atoms with Crippen LogP contribution < -0.4 is 15.6 Å². The third kappa shape index (κ3) is 3.85. The lowest BCUT2D eigenvalue weighted by atomic mass is 10.2. The lowest BCUT2D eigenvalue weighted by Gasteiger charge is -2.09. The van der Waals surface area contributed by atoms with Crippen molar-refractivity contribution in [1.29, 1.82) is 0 Å². The van der Waals surface area contributed by atoms with E-state index in [-0.39, 0.29) is 17.8 Å². The minimum absolute atomic E-state index is 0.109. The third-order valence-corrected chi connectivity index (χ3v) is 3.13. The number of hydrogen-bond acceptors (Lipinski definition) is 5. The molecule has 0 saturated heterocycles. The highest BCUT2D eigenvalue weighted by molar-refractivity contribution is 5.70. The topological polar surface area (TPSA) is 104 Å². The van der Waals surface area contributed by atoms with E-state index in [0.29, 0.717) is 17.9 Å². The number of methoxy groups -OCH3 is 1. The van der Waals surface area contributed by atoms with E-state index in [1.54, 1.807) is 14.0 Å². The molecule has 1 aromatic heterocycles. The Kier molecular flexibility index (Phi) is 4.77. The number of carbonyl (C=O) groups is 1. The summed E-state index contributed by atoms with van der Waals surface area (Å²) in [5.41, 5.74) is 1.37. The summed E-state index contributed by atoms with van der Waals surface area (Å²) in [6.45, 7) is 2.02. The van der Waals surface area contributed by atoms with Gasteiger partial charge in [0.05, 0.1) is 19.2 Å². The predicted octanol–water partition coefficient (Wildman–Crippen LogP) is 1.33. The highest BCUT2D eigenvalue weighted by Gasteiger charge is 2.10. The van der Waals surface area contributed by atoms with Crippen LogP contribution in [0.3, 0.4) is 0 Å². The number of aromatic nitrogens is 2. The first-order chi connectivity index (χ1) is 10.5. The van der Waals surface area contributed by atoms with Crippen molar-refractivity contribution in [3.63, 3.8) is 0 Å². The van der Waals surface area contributed by atoms with E-state index in [2.05, 4.69) is 15.3 Å². The van der Waals surface area contributed by atoms with Crippen molar-refractivity contribution >= 4 is 11.8 Å². The number of carboxylic acid groups (broad SMARTS) is 1. The Hall–Kier alpha value is -2.83. The molecule has 2 rings (SSSR count). The van der Waals surface area contributed by atoms with Crippen LogP contribution in [0.25, 0.3) is 0 Å². The van der Waals surface area contributed by atoms with Gasteiger partial charge in [-0.1, -0.05) is 12.1 Å². The first-order valence-electron chi connectivity index (χ1n) is 6.68. The average Bonchev–Trinajstić information content (AvgIpc) is 2.49. The monoisotopic (exact) mass is 303 g/mol. The normalized spacial score (nSPS) is 10.3. The van der Waals surface area contributed by atoms with E-state index in [1.807, 2.05) is 24.3 Å². The molecule has 0 saturated carbocycles. The van der Waals surface area contributed by atoms with Gasteiger partial charge in [0.25, 0.3) is 5.56 Å². The minimum Gasteiger partial charge on any atom is -0.497 e. The van der Waals surface area contributed by atoms with Crippen LogP contribution in [-0.4, -0.2) is 28.2 Å². The van der Waals surface area contributed by atoms with Crippen molar-refractivity contribution in [2.45, 2.75) is 19.9 Å². The van der Waals surface area contributed by atoms with Crippen LogP contribution in [0.4, 0.5) is 5.82 Å². The molecule has 0 aliphatic heterocycles. The van der Waals surface area contributed by atoms with E-state index < -0.39 is 5.97 Å². The number of nitrogens with one attached hydrogen (secondary N) is 2. The molecule has 0 fully saturated rings. The molecule has 0 aliphatic rings. The molecule has 0 aliphatic carbocycles. The number of anilines is 1. The van der Waals surface area contributed by atoms with Gasteiger partial charge >= 0.3 is 5.97 Å². The van der Waals surface area contributed by atoms with Gasteiger partial charge in [0.2, 0.25) is 0 Å². The van der Waals surface area contributed by atoms with Crippen LogP contribution >= 0.6 is 0 Å². The van der Waals surface area contributed by atoms with E-state index >= 15 is 0 Å². The highest BCUT2D eigenvalue weighted by Crippen LogP contribution is 2.12. The number of benzene rings is 1. The SMILES string of the molecule is COc1ccc(CNc2nc(CC(=O)O)c(C)[nH]c2=O)cc1. The lowest BCUT2D eigenvalue weighted by Crippen LogP contribution is -2.20. The summed E-state index contributed by atoms with van der Waals surface area (Å²) in [6, 6.07) is 7.37. The fourth-order valence-corrected chi connectivity index (χ4v) is 1.94. The van der Waals surface area contributed by atoms with Crippen LogP contribution in [0.2, 0.25) is 0 Å². The second-order valence-electron chi connectivity index (χ2n) is 4.76. The number of hydrogen-bond donors (Lipinski definition) is 3. The fraction of sp³-hybridized carbons (Fsp3) is 0.267. The summed E-state index contributed by atoms with van der Waals surface area (Å²) in [4.78, 5) is 29.3. The Morgan fingerprint density at radius 3 is 2.64 bits per heavy atom. The van der Waals surface area contributed by atoms with E-state index in [1.165, 1.54) is 0 Å². The zero-order chi connectivity index (χ0) is 16.1. The lowest BCUT2D eigenvalue weighted by molar-refractivity contribution is -0.136. The number of carboxylic acids is 1. The smallest absolute Gasteiger partial charge is 0.309 e. The maximum absolute atomic E-state index is 11.9. The van der Waals surface area contributed by atoms with Crippen LogP contribution in [-0.2, 0) is 17.8 Å². The van der Waals surface area contributed by atoms with Crippen molar-refractivity contribution in [3.05, 3.63) is 51.6 Å². The van der Waals surface area contributed by atoms with Crippen LogP contribution in [0.5, 0.6) is 5.75 Å². The van der Waals surface area contributed by atoms with Gasteiger partial charge in [0.1, 0.15) is 5.75 Å². The summed E-state index contributed by atoms with van der Waals surface area (Å²) in [6.07, 6.45) is -0.236. The quantitative estimate of drug-likeness (QED) is 0.743. The van der Waals surface area contributed by atoms with E-state index in [4.69, 9.17) is 9.84 Å². The standard InChI is InChI=1S/C15H17N3O4/c1-9-12(7-13(19)20)18-14(15(21)17-9)16-8-10-3-5-11(22-2)6-4-10/h3-6H,7-8H2,1-2H3,(H,16,18)(H,17,21)(H,19,20). The number of ether oxygens (including phenoxy) is 1. The van der Waals surface area contributed by atoms with Crippen molar-refractivity contribution in [2.24, 2.45) is 0 Å². The molecule has 1 aromatic carbocycles. The van der Waals surface area contributed by atoms with Gasteiger partial charge < -0.3 is 20.1 Å². The van der Waals surface area contributed by atoms with E-state index in [0.717, 1.165) is 11.3 Å². The number of rotatable bonds is 6. The van der Waals surface area contributed by atoms with Gasteiger partial charge in [-0.05, 0) is 24.6 Å². The summed E-state index contributed by atoms with van der Waals surface area (Å²) in [5.74, 6) is -0.139. The van der Waals surface area contributed by atoms with Crippen molar-refractivity contribution in [1.82, 2.24) is 9.97 Å². The number of aromatic amines is 1. The van der Waals surface area contributed by atoms with E-state index in [9.17, 15) is 9.59 Å². The molecule has 22 heavy (non-hydrogen) atoms. The number of aliphatic carboxylic acids is 1. The molecule has 0 radical (unpaired) electrons. The van der Waals surface area contributed by atoms with Gasteiger partial charge in [-0.15, -0.1) is 0 Å². The molecule has 0 unspecified atom stereocenters. The van der Waals surface area contributed by atoms with Crippen LogP contribution in [0.1, 0.15) is 17.0 Å². The van der Waals surface area contributed by atoms with Gasteiger partial charge in [-0.3, -0.25) is 9.59 Å². The fourth-order valence-electron chi connectivity index (χ4n) is 1.94. The summed E-state index contributed by atoms with van der Waals surface area (Å²) in [5, 5.41) is 11.8. The predicted molar refractivity (Wildman–Crippen MR) is 81.3 cm³/mol. The molecule has 1 heterocycles. The molecular weight excluding hydrogens is 286 g/mol. The maximum Gasteiger partial charge on any atom is 0.309 e. The zero-order valence-electron chi connectivity index (χ0n) is 12.3. The largest absolute Gasteiger partial charge is 0.497 e. The Bertz CT molecular complexity index is 723. The summed E-state index contributed by atoms with van der Waals surface area (Å²) < 4.78 is 5.07. The molecule has 0 amide bonds. The summed E-state index contributed by atoms with van der Waals surface area (Å²) >= 11 is 0. The zero-order valence-corrected chi connectivity index (χ0v) is 12.3. The highest BCUT2D eigenvalue weighted by atomic mass is 16.5. The number of aryl methyl sites for hydroxylation is 1. The second kappa shape index (κ2) is 6.75. The molecule has 2 aromatic rings. The number of H-pyrrole nitrogens is 1. The average molecular weight is 303 g/mol. The molecular formula is C15H17N3O4. The maximum atomic E-state index is 11.9. The Balaban J connectivity index is 2.14. The summed E-state index contributed by atoms with van der Waals surface area (Å²) in [7, 11) is 1.59. The van der Waals surface area contributed by atoms with Gasteiger partial charge in [0.15, 0.2) is 5.82 Å².